The number of sulfonamides is 1. The van der Waals surface area contributed by atoms with Crippen molar-refractivity contribution < 1.29 is 13.2 Å². The van der Waals surface area contributed by atoms with E-state index < -0.39 is 15.9 Å². The molecule has 0 saturated carbocycles. The van der Waals surface area contributed by atoms with Crippen molar-refractivity contribution in [1.29, 1.82) is 0 Å². The summed E-state index contributed by atoms with van der Waals surface area (Å²) in [6.45, 7) is 3.96. The quantitative estimate of drug-likeness (QED) is 0.408. The van der Waals surface area contributed by atoms with Crippen molar-refractivity contribution in [2.45, 2.75) is 24.8 Å². The molecule has 0 aliphatic heterocycles. The van der Waals surface area contributed by atoms with E-state index in [1.165, 1.54) is 23.8 Å². The van der Waals surface area contributed by atoms with Crippen molar-refractivity contribution in [2.24, 2.45) is 0 Å². The van der Waals surface area contributed by atoms with Crippen LogP contribution in [0.2, 0.25) is 5.02 Å². The van der Waals surface area contributed by atoms with Gasteiger partial charge in [0.2, 0.25) is 0 Å². The Hall–Kier alpha value is -2.87. The Morgan fingerprint density at radius 2 is 1.76 bits per heavy atom. The van der Waals surface area contributed by atoms with Crippen LogP contribution >= 0.6 is 11.6 Å². The molecule has 0 aromatic heterocycles. The molecule has 3 aromatic carbocycles. The van der Waals surface area contributed by atoms with E-state index in [-0.39, 0.29) is 15.5 Å². The van der Waals surface area contributed by atoms with Crippen LogP contribution in [0.4, 0.5) is 5.69 Å². The maximum absolute atomic E-state index is 12.8. The summed E-state index contributed by atoms with van der Waals surface area (Å²) in [5, 5.41) is 3.03. The van der Waals surface area contributed by atoms with Gasteiger partial charge in [0, 0.05) is 18.8 Å². The van der Waals surface area contributed by atoms with Gasteiger partial charge >= 0.3 is 0 Å². The van der Waals surface area contributed by atoms with Crippen LogP contribution in [0, 0.1) is 6.92 Å². The Morgan fingerprint density at radius 3 is 2.48 bits per heavy atom. The van der Waals surface area contributed by atoms with E-state index in [4.69, 9.17) is 11.6 Å². The minimum absolute atomic E-state index is 0.0267. The van der Waals surface area contributed by atoms with Crippen molar-refractivity contribution in [1.82, 2.24) is 10.2 Å². The third kappa shape index (κ3) is 7.32. The highest BCUT2D eigenvalue weighted by molar-refractivity contribution is 7.92. The summed E-state index contributed by atoms with van der Waals surface area (Å²) in [5.41, 5.74) is 2.74. The molecule has 0 atom stereocenters. The molecule has 2 N–H and O–H groups in total. The molecule has 33 heavy (non-hydrogen) atoms. The Bertz CT molecular complexity index is 1200. The number of amides is 1. The van der Waals surface area contributed by atoms with Crippen LogP contribution < -0.4 is 10.0 Å². The molecular formula is C25H28ClN3O3S. The summed E-state index contributed by atoms with van der Waals surface area (Å²) in [7, 11) is -1.84. The average Bonchev–Trinajstić information content (AvgIpc) is 2.77. The first-order valence-corrected chi connectivity index (χ1v) is 12.5. The maximum Gasteiger partial charge on any atom is 0.261 e. The predicted octanol–water partition coefficient (Wildman–Crippen LogP) is 4.70. The van der Waals surface area contributed by atoms with Gasteiger partial charge in [-0.25, -0.2) is 8.42 Å². The van der Waals surface area contributed by atoms with Gasteiger partial charge < -0.3 is 10.2 Å². The van der Waals surface area contributed by atoms with Gasteiger partial charge in [-0.1, -0.05) is 54.1 Å². The molecule has 0 fully saturated rings. The molecular weight excluding hydrogens is 458 g/mol. The zero-order valence-corrected chi connectivity index (χ0v) is 20.3. The van der Waals surface area contributed by atoms with Crippen LogP contribution in [0.3, 0.4) is 0 Å². The molecule has 0 radical (unpaired) electrons. The molecule has 0 aliphatic carbocycles. The molecule has 8 heteroatoms. The Morgan fingerprint density at radius 1 is 1.00 bits per heavy atom. The second kappa shape index (κ2) is 11.3. The first-order valence-electron chi connectivity index (χ1n) is 10.6. The number of rotatable bonds is 10. The van der Waals surface area contributed by atoms with E-state index in [1.54, 1.807) is 18.2 Å². The van der Waals surface area contributed by atoms with Crippen LogP contribution in [0.1, 0.15) is 27.9 Å². The minimum Gasteiger partial charge on any atom is -0.352 e. The second-order valence-corrected chi connectivity index (χ2v) is 10.0. The van der Waals surface area contributed by atoms with E-state index >= 15 is 0 Å². The highest BCUT2D eigenvalue weighted by Crippen LogP contribution is 2.23. The molecule has 0 saturated heterocycles. The fraction of sp³-hybridized carbons (Fsp3) is 0.240. The summed E-state index contributed by atoms with van der Waals surface area (Å²) in [5.74, 6) is -0.404. The zero-order valence-electron chi connectivity index (χ0n) is 18.7. The number of carbonyl (C=O) groups excluding carboxylic acids is 1. The van der Waals surface area contributed by atoms with Gasteiger partial charge in [0.1, 0.15) is 0 Å². The maximum atomic E-state index is 12.8. The van der Waals surface area contributed by atoms with Gasteiger partial charge in [-0.2, -0.15) is 0 Å². The van der Waals surface area contributed by atoms with E-state index in [0.29, 0.717) is 12.2 Å². The normalized spacial score (nSPS) is 11.4. The lowest BCUT2D eigenvalue weighted by molar-refractivity contribution is 0.0952. The smallest absolute Gasteiger partial charge is 0.261 e. The van der Waals surface area contributed by atoms with E-state index in [0.717, 1.165) is 25.1 Å². The number of anilines is 1. The van der Waals surface area contributed by atoms with Crippen molar-refractivity contribution in [3.8, 4) is 0 Å². The van der Waals surface area contributed by atoms with Gasteiger partial charge in [0.15, 0.2) is 0 Å². The number of nitrogens with zero attached hydrogens (tertiary/aromatic N) is 1. The molecule has 0 heterocycles. The van der Waals surface area contributed by atoms with E-state index in [9.17, 15) is 13.2 Å². The molecule has 3 aromatic rings. The van der Waals surface area contributed by atoms with Crippen LogP contribution in [-0.2, 0) is 16.6 Å². The highest BCUT2D eigenvalue weighted by Gasteiger charge is 2.19. The van der Waals surface area contributed by atoms with Gasteiger partial charge in [-0.05, 0) is 68.4 Å². The van der Waals surface area contributed by atoms with Gasteiger partial charge in [-0.3, -0.25) is 9.52 Å². The number of hydrogen-bond donors (Lipinski definition) is 2. The topological polar surface area (TPSA) is 78.5 Å². The third-order valence-corrected chi connectivity index (χ3v) is 6.77. The Balaban J connectivity index is 1.57. The molecule has 0 unspecified atom stereocenters. The van der Waals surface area contributed by atoms with Crippen molar-refractivity contribution >= 4 is 33.2 Å². The zero-order chi connectivity index (χ0) is 23.8. The van der Waals surface area contributed by atoms with Gasteiger partial charge in [0.05, 0.1) is 15.5 Å². The average molecular weight is 486 g/mol. The largest absolute Gasteiger partial charge is 0.352 e. The van der Waals surface area contributed by atoms with Crippen molar-refractivity contribution in [3.63, 3.8) is 0 Å². The first kappa shape index (κ1) is 24.8. The molecule has 6 nitrogen and oxygen atoms in total. The van der Waals surface area contributed by atoms with Gasteiger partial charge in [0.25, 0.3) is 15.9 Å². The SMILES string of the molecule is Cc1cccc(NS(=O)(=O)c2ccc(Cl)c(C(=O)NCCCN(C)Cc3ccccc3)c2)c1. The highest BCUT2D eigenvalue weighted by atomic mass is 35.5. The van der Waals surface area contributed by atoms with Crippen molar-refractivity contribution in [3.05, 3.63) is 94.5 Å². The minimum atomic E-state index is -3.86. The predicted molar refractivity (Wildman–Crippen MR) is 133 cm³/mol. The molecule has 3 rings (SSSR count). The molecule has 0 bridgehead atoms. The van der Waals surface area contributed by atoms with Crippen LogP contribution in [0.5, 0.6) is 0 Å². The van der Waals surface area contributed by atoms with E-state index in [2.05, 4.69) is 27.1 Å². The fourth-order valence-corrected chi connectivity index (χ4v) is 4.67. The summed E-state index contributed by atoms with van der Waals surface area (Å²) in [6, 6.07) is 21.3. The molecule has 174 valence electrons. The van der Waals surface area contributed by atoms with Crippen LogP contribution in [0.15, 0.2) is 77.7 Å². The monoisotopic (exact) mass is 485 g/mol. The summed E-state index contributed by atoms with van der Waals surface area (Å²) in [6.07, 6.45) is 0.750. The Labute approximate surface area is 200 Å². The lowest BCUT2D eigenvalue weighted by Gasteiger charge is -2.17. The van der Waals surface area contributed by atoms with Crippen molar-refractivity contribution in [2.75, 3.05) is 24.9 Å². The summed E-state index contributed by atoms with van der Waals surface area (Å²) < 4.78 is 28.1. The van der Waals surface area contributed by atoms with E-state index in [1.807, 2.05) is 38.2 Å². The fourth-order valence-electron chi connectivity index (χ4n) is 3.39. The standard InChI is InChI=1S/C25H28ClN3O3S/c1-19-8-6-11-21(16-19)28-33(31,32)22-12-13-24(26)23(17-22)25(30)27-14-7-15-29(2)18-20-9-4-3-5-10-20/h3-6,8-13,16-17,28H,7,14-15,18H2,1-2H3,(H,27,30). The van der Waals surface area contributed by atoms with Crippen LogP contribution in [-0.4, -0.2) is 39.4 Å². The number of aryl methyl sites for hydroxylation is 1. The second-order valence-electron chi connectivity index (χ2n) is 7.95. The number of halogens is 1. The lowest BCUT2D eigenvalue weighted by Crippen LogP contribution is -2.28. The number of benzene rings is 3. The molecule has 0 aliphatic rings. The Kier molecular flexibility index (Phi) is 8.49. The summed E-state index contributed by atoms with van der Waals surface area (Å²) >= 11 is 6.19. The molecule has 1 amide bonds. The molecule has 0 spiro atoms. The summed E-state index contributed by atoms with van der Waals surface area (Å²) in [4.78, 5) is 14.8. The van der Waals surface area contributed by atoms with Crippen LogP contribution in [0.25, 0.3) is 0 Å². The number of carbonyl (C=O) groups is 1. The lowest BCUT2D eigenvalue weighted by atomic mass is 10.2. The van der Waals surface area contributed by atoms with Gasteiger partial charge in [-0.15, -0.1) is 0 Å². The first-order chi connectivity index (χ1) is 15.7. The third-order valence-electron chi connectivity index (χ3n) is 5.06. The number of nitrogens with one attached hydrogen (secondary N) is 2. The number of hydrogen-bond acceptors (Lipinski definition) is 4.